The van der Waals surface area contributed by atoms with Crippen molar-refractivity contribution in [3.8, 4) is 5.75 Å². The second-order valence-electron chi connectivity index (χ2n) is 4.68. The Labute approximate surface area is 113 Å². The van der Waals surface area contributed by atoms with E-state index < -0.39 is 0 Å². The Bertz CT molecular complexity index is 421. The van der Waals surface area contributed by atoms with Gasteiger partial charge in [0, 0.05) is 30.5 Å². The van der Waals surface area contributed by atoms with Gasteiger partial charge in [-0.2, -0.15) is 0 Å². The van der Waals surface area contributed by atoms with Gasteiger partial charge in [0.2, 0.25) is 0 Å². The average molecular weight is 266 g/mol. The van der Waals surface area contributed by atoms with Crippen LogP contribution in [-0.4, -0.2) is 31.3 Å². The average Bonchev–Trinajstić information content (AvgIpc) is 2.42. The molecule has 5 nitrogen and oxygen atoms in total. The Morgan fingerprint density at radius 3 is 2.84 bits per heavy atom. The maximum absolute atomic E-state index is 11.9. The van der Waals surface area contributed by atoms with Crippen LogP contribution in [0.3, 0.4) is 0 Å². The molecule has 0 aliphatic rings. The van der Waals surface area contributed by atoms with E-state index in [1.807, 2.05) is 6.92 Å². The smallest absolute Gasteiger partial charge is 0.251 e. The van der Waals surface area contributed by atoms with Crippen LogP contribution >= 0.6 is 0 Å². The first-order chi connectivity index (χ1) is 9.06. The minimum Gasteiger partial charge on any atom is -0.497 e. The number of nitrogens with two attached hydrogens (primary N) is 1. The monoisotopic (exact) mass is 266 g/mol. The van der Waals surface area contributed by atoms with Gasteiger partial charge in [0.05, 0.1) is 7.11 Å². The Kier molecular flexibility index (Phi) is 6.15. The molecule has 1 aromatic carbocycles. The van der Waals surface area contributed by atoms with Crippen molar-refractivity contribution < 1.29 is 14.6 Å². The summed E-state index contributed by atoms with van der Waals surface area (Å²) < 4.78 is 5.07. The summed E-state index contributed by atoms with van der Waals surface area (Å²) in [5, 5.41) is 11.7. The number of hydrogen-bond donors (Lipinski definition) is 3. The van der Waals surface area contributed by atoms with Crippen LogP contribution in [0.25, 0.3) is 0 Å². The van der Waals surface area contributed by atoms with E-state index in [0.717, 1.165) is 12.8 Å². The number of aliphatic hydroxyl groups excluding tert-OH is 1. The molecule has 0 aliphatic heterocycles. The molecule has 1 atom stereocenters. The highest BCUT2D eigenvalue weighted by Crippen LogP contribution is 2.18. The zero-order valence-electron chi connectivity index (χ0n) is 11.5. The lowest BCUT2D eigenvalue weighted by Crippen LogP contribution is -2.25. The highest BCUT2D eigenvalue weighted by atomic mass is 16.5. The molecule has 0 heterocycles. The van der Waals surface area contributed by atoms with Crippen molar-refractivity contribution in [1.29, 1.82) is 0 Å². The standard InChI is InChI=1S/C14H22N2O3/c1-10(9-17)4-3-5-16-14(18)11-6-12(15)8-13(7-11)19-2/h6-8,10,17H,3-5,9,15H2,1-2H3,(H,16,18). The van der Waals surface area contributed by atoms with E-state index in [4.69, 9.17) is 15.6 Å². The number of methoxy groups -OCH3 is 1. The third-order valence-corrected chi connectivity index (χ3v) is 2.90. The summed E-state index contributed by atoms with van der Waals surface area (Å²) in [5.74, 6) is 0.672. The van der Waals surface area contributed by atoms with Gasteiger partial charge in [0.1, 0.15) is 5.75 Å². The van der Waals surface area contributed by atoms with Crippen LogP contribution in [0, 0.1) is 5.92 Å². The van der Waals surface area contributed by atoms with E-state index in [1.54, 1.807) is 18.2 Å². The van der Waals surface area contributed by atoms with Gasteiger partial charge in [-0.25, -0.2) is 0 Å². The van der Waals surface area contributed by atoms with E-state index in [9.17, 15) is 4.79 Å². The molecular formula is C14H22N2O3. The predicted octanol–water partition coefficient (Wildman–Crippen LogP) is 1.42. The number of anilines is 1. The van der Waals surface area contributed by atoms with Crippen LogP contribution in [0.1, 0.15) is 30.1 Å². The first-order valence-corrected chi connectivity index (χ1v) is 6.40. The van der Waals surface area contributed by atoms with Gasteiger partial charge in [0.15, 0.2) is 0 Å². The fraction of sp³-hybridized carbons (Fsp3) is 0.500. The van der Waals surface area contributed by atoms with Crippen LogP contribution in [0.2, 0.25) is 0 Å². The molecule has 5 heteroatoms. The second-order valence-corrected chi connectivity index (χ2v) is 4.68. The quantitative estimate of drug-likeness (QED) is 0.514. The van der Waals surface area contributed by atoms with Gasteiger partial charge in [-0.3, -0.25) is 4.79 Å². The molecule has 106 valence electrons. The molecule has 0 spiro atoms. The molecule has 1 amide bonds. The molecule has 0 aromatic heterocycles. The van der Waals surface area contributed by atoms with Crippen LogP contribution < -0.4 is 15.8 Å². The summed E-state index contributed by atoms with van der Waals surface area (Å²) in [7, 11) is 1.53. The summed E-state index contributed by atoms with van der Waals surface area (Å²) in [6.45, 7) is 2.74. The van der Waals surface area contributed by atoms with Gasteiger partial charge in [-0.1, -0.05) is 6.92 Å². The van der Waals surface area contributed by atoms with Crippen LogP contribution in [0.4, 0.5) is 5.69 Å². The largest absolute Gasteiger partial charge is 0.497 e. The van der Waals surface area contributed by atoms with Crippen molar-refractivity contribution >= 4 is 11.6 Å². The van der Waals surface area contributed by atoms with Gasteiger partial charge in [0.25, 0.3) is 5.91 Å². The summed E-state index contributed by atoms with van der Waals surface area (Å²) in [6, 6.07) is 4.94. The normalized spacial score (nSPS) is 11.9. The molecule has 0 bridgehead atoms. The lowest BCUT2D eigenvalue weighted by Gasteiger charge is -2.09. The number of hydrogen-bond acceptors (Lipinski definition) is 4. The van der Waals surface area contributed by atoms with E-state index >= 15 is 0 Å². The van der Waals surface area contributed by atoms with Gasteiger partial charge in [-0.15, -0.1) is 0 Å². The number of nitrogens with one attached hydrogen (secondary N) is 1. The SMILES string of the molecule is COc1cc(N)cc(C(=O)NCCCC(C)CO)c1. The van der Waals surface area contributed by atoms with E-state index in [2.05, 4.69) is 5.32 Å². The Balaban J connectivity index is 2.47. The van der Waals surface area contributed by atoms with E-state index in [1.165, 1.54) is 7.11 Å². The summed E-state index contributed by atoms with van der Waals surface area (Å²) in [4.78, 5) is 11.9. The van der Waals surface area contributed by atoms with Crippen molar-refractivity contribution in [1.82, 2.24) is 5.32 Å². The predicted molar refractivity (Wildman–Crippen MR) is 75.2 cm³/mol. The topological polar surface area (TPSA) is 84.6 Å². The molecule has 0 aliphatic carbocycles. The number of nitrogen functional groups attached to an aromatic ring is 1. The number of carbonyl (C=O) groups excluding carboxylic acids is 1. The summed E-state index contributed by atoms with van der Waals surface area (Å²) in [6.07, 6.45) is 1.73. The minimum atomic E-state index is -0.165. The number of ether oxygens (including phenoxy) is 1. The third-order valence-electron chi connectivity index (χ3n) is 2.90. The van der Waals surface area contributed by atoms with Gasteiger partial charge in [-0.05, 0) is 30.9 Å². The van der Waals surface area contributed by atoms with Crippen molar-refractivity contribution in [3.63, 3.8) is 0 Å². The lowest BCUT2D eigenvalue weighted by molar-refractivity contribution is 0.0952. The van der Waals surface area contributed by atoms with Crippen molar-refractivity contribution in [2.45, 2.75) is 19.8 Å². The molecule has 0 saturated carbocycles. The van der Waals surface area contributed by atoms with E-state index in [0.29, 0.717) is 23.5 Å². The van der Waals surface area contributed by atoms with Gasteiger partial charge >= 0.3 is 0 Å². The van der Waals surface area contributed by atoms with Gasteiger partial charge < -0.3 is 20.9 Å². The molecule has 1 aromatic rings. The first kappa shape index (κ1) is 15.3. The highest BCUT2D eigenvalue weighted by molar-refractivity contribution is 5.95. The Hall–Kier alpha value is -1.75. The molecule has 0 radical (unpaired) electrons. The zero-order valence-corrected chi connectivity index (χ0v) is 11.5. The molecule has 0 saturated heterocycles. The van der Waals surface area contributed by atoms with Crippen molar-refractivity contribution in [3.05, 3.63) is 23.8 Å². The molecule has 19 heavy (non-hydrogen) atoms. The number of rotatable bonds is 7. The Morgan fingerprint density at radius 2 is 2.21 bits per heavy atom. The number of benzene rings is 1. The maximum Gasteiger partial charge on any atom is 0.251 e. The first-order valence-electron chi connectivity index (χ1n) is 6.40. The van der Waals surface area contributed by atoms with Crippen molar-refractivity contribution in [2.24, 2.45) is 5.92 Å². The third kappa shape index (κ3) is 5.18. The minimum absolute atomic E-state index is 0.165. The Morgan fingerprint density at radius 1 is 1.47 bits per heavy atom. The maximum atomic E-state index is 11.9. The fourth-order valence-corrected chi connectivity index (χ4v) is 1.72. The van der Waals surface area contributed by atoms with Crippen molar-refractivity contribution in [2.75, 3.05) is 26.0 Å². The fourth-order valence-electron chi connectivity index (χ4n) is 1.72. The van der Waals surface area contributed by atoms with Crippen LogP contribution in [-0.2, 0) is 0 Å². The zero-order chi connectivity index (χ0) is 14.3. The summed E-state index contributed by atoms with van der Waals surface area (Å²) >= 11 is 0. The molecule has 0 fully saturated rings. The second kappa shape index (κ2) is 7.63. The number of aliphatic hydroxyl groups is 1. The lowest BCUT2D eigenvalue weighted by atomic mass is 10.1. The van der Waals surface area contributed by atoms with Crippen LogP contribution in [0.5, 0.6) is 5.75 Å². The molecule has 1 rings (SSSR count). The molecular weight excluding hydrogens is 244 g/mol. The number of carbonyl (C=O) groups is 1. The number of amides is 1. The summed E-state index contributed by atoms with van der Waals surface area (Å²) in [5.41, 5.74) is 6.69. The van der Waals surface area contributed by atoms with E-state index in [-0.39, 0.29) is 18.4 Å². The molecule has 1 unspecified atom stereocenters. The highest BCUT2D eigenvalue weighted by Gasteiger charge is 2.08. The molecule has 4 N–H and O–H groups in total. The van der Waals surface area contributed by atoms with Crippen LogP contribution in [0.15, 0.2) is 18.2 Å².